The molecule has 1 heterocycles. The Morgan fingerprint density at radius 2 is 1.79 bits per heavy atom. The van der Waals surface area contributed by atoms with Gasteiger partial charge in [-0.05, 0) is 24.1 Å². The van der Waals surface area contributed by atoms with E-state index >= 15 is 0 Å². The Morgan fingerprint density at radius 3 is 2.33 bits per heavy atom. The van der Waals surface area contributed by atoms with Crippen LogP contribution < -0.4 is 5.73 Å². The zero-order valence-electron chi connectivity index (χ0n) is 13.0. The lowest BCUT2D eigenvalue weighted by atomic mass is 10.1. The van der Waals surface area contributed by atoms with Crippen LogP contribution in [0.25, 0.3) is 0 Å². The van der Waals surface area contributed by atoms with Gasteiger partial charge in [0.1, 0.15) is 5.69 Å². The number of nitrogens with zero attached hydrogens (tertiary/aromatic N) is 2. The number of aromatic nitrogens is 1. The molecule has 4 nitrogen and oxygen atoms in total. The van der Waals surface area contributed by atoms with E-state index < -0.39 is 11.9 Å². The fraction of sp³-hybridized carbons (Fsp3) is 0.294. The predicted molar refractivity (Wildman–Crippen MR) is 84.3 cm³/mol. The van der Waals surface area contributed by atoms with Gasteiger partial charge in [0, 0.05) is 25.8 Å². The second kappa shape index (κ2) is 7.92. The van der Waals surface area contributed by atoms with Crippen molar-refractivity contribution in [1.29, 1.82) is 0 Å². The zero-order chi connectivity index (χ0) is 17.6. The van der Waals surface area contributed by atoms with Crippen LogP contribution in [0.4, 0.5) is 13.2 Å². The second-order valence-electron chi connectivity index (χ2n) is 5.25. The van der Waals surface area contributed by atoms with Crippen LogP contribution in [0.5, 0.6) is 0 Å². The van der Waals surface area contributed by atoms with Crippen LogP contribution >= 0.6 is 0 Å². The number of halogens is 3. The van der Waals surface area contributed by atoms with Crippen LogP contribution in [0.3, 0.4) is 0 Å². The first-order valence-electron chi connectivity index (χ1n) is 7.48. The van der Waals surface area contributed by atoms with Crippen LogP contribution in [-0.4, -0.2) is 35.4 Å². The molecule has 2 rings (SSSR count). The number of hydrogen-bond donors (Lipinski definition) is 1. The third-order valence-electron chi connectivity index (χ3n) is 3.50. The van der Waals surface area contributed by atoms with Crippen molar-refractivity contribution < 1.29 is 18.0 Å². The molecule has 0 atom stereocenters. The summed E-state index contributed by atoms with van der Waals surface area (Å²) in [5.41, 5.74) is 5.70. The molecule has 0 fully saturated rings. The lowest BCUT2D eigenvalue weighted by molar-refractivity contribution is -0.141. The highest BCUT2D eigenvalue weighted by Crippen LogP contribution is 2.27. The minimum Gasteiger partial charge on any atom is -0.337 e. The van der Waals surface area contributed by atoms with E-state index in [1.165, 1.54) is 4.90 Å². The van der Waals surface area contributed by atoms with E-state index in [4.69, 9.17) is 5.73 Å². The molecule has 0 radical (unpaired) electrons. The summed E-state index contributed by atoms with van der Waals surface area (Å²) < 4.78 is 37.6. The molecule has 0 aliphatic carbocycles. The molecular formula is C17H18F3N3O. The van der Waals surface area contributed by atoms with Gasteiger partial charge in [0.15, 0.2) is 0 Å². The van der Waals surface area contributed by atoms with Gasteiger partial charge in [-0.2, -0.15) is 13.2 Å². The Kier molecular flexibility index (Phi) is 5.92. The summed E-state index contributed by atoms with van der Waals surface area (Å²) in [6.45, 7) is 1.03. The van der Waals surface area contributed by atoms with Crippen molar-refractivity contribution in [1.82, 2.24) is 9.88 Å². The van der Waals surface area contributed by atoms with Crippen LogP contribution in [0, 0.1) is 0 Å². The Hall–Kier alpha value is -2.41. The summed E-state index contributed by atoms with van der Waals surface area (Å²) in [5.74, 6) is -0.377. The Morgan fingerprint density at radius 1 is 1.08 bits per heavy atom. The van der Waals surface area contributed by atoms with Crippen LogP contribution in [0.2, 0.25) is 0 Å². The maximum Gasteiger partial charge on any atom is 0.433 e. The molecule has 1 amide bonds. The van der Waals surface area contributed by atoms with Gasteiger partial charge in [0.05, 0.1) is 5.56 Å². The van der Waals surface area contributed by atoms with Crippen molar-refractivity contribution in [2.45, 2.75) is 12.6 Å². The van der Waals surface area contributed by atoms with E-state index in [-0.39, 0.29) is 18.0 Å². The lowest BCUT2D eigenvalue weighted by Gasteiger charge is -2.22. The number of rotatable bonds is 6. The Bertz CT molecular complexity index is 657. The molecular weight excluding hydrogens is 319 g/mol. The minimum absolute atomic E-state index is 0.115. The second-order valence-corrected chi connectivity index (χ2v) is 5.25. The molecule has 1 aromatic carbocycles. The molecule has 1 aromatic heterocycles. The van der Waals surface area contributed by atoms with Crippen LogP contribution in [-0.2, 0) is 12.6 Å². The van der Waals surface area contributed by atoms with Crippen molar-refractivity contribution in [2.75, 3.05) is 19.6 Å². The minimum atomic E-state index is -4.52. The SMILES string of the molecule is NCCN(CCc1ccccc1)C(=O)c1ccc(C(F)(F)F)nc1. The number of carbonyl (C=O) groups is 1. The number of pyridine rings is 1. The quantitative estimate of drug-likeness (QED) is 0.882. The van der Waals surface area contributed by atoms with Gasteiger partial charge in [-0.3, -0.25) is 9.78 Å². The number of carbonyl (C=O) groups excluding carboxylic acids is 1. The highest BCUT2D eigenvalue weighted by Gasteiger charge is 2.32. The summed E-state index contributed by atoms with van der Waals surface area (Å²) in [5, 5.41) is 0. The molecule has 0 saturated heterocycles. The Balaban J connectivity index is 2.08. The van der Waals surface area contributed by atoms with Gasteiger partial charge in [-0.1, -0.05) is 30.3 Å². The predicted octanol–water partition coefficient (Wildman–Crippen LogP) is 2.74. The van der Waals surface area contributed by atoms with Gasteiger partial charge in [0.25, 0.3) is 5.91 Å². The monoisotopic (exact) mass is 337 g/mol. The molecule has 0 unspecified atom stereocenters. The number of nitrogens with two attached hydrogens (primary N) is 1. The summed E-state index contributed by atoms with van der Waals surface area (Å²) >= 11 is 0. The average Bonchev–Trinajstić information content (AvgIpc) is 2.58. The fourth-order valence-corrected chi connectivity index (χ4v) is 2.25. The topological polar surface area (TPSA) is 59.2 Å². The highest BCUT2D eigenvalue weighted by molar-refractivity contribution is 5.93. The van der Waals surface area contributed by atoms with E-state index in [0.717, 1.165) is 23.9 Å². The molecule has 2 aromatic rings. The van der Waals surface area contributed by atoms with Crippen molar-refractivity contribution in [2.24, 2.45) is 5.73 Å². The first kappa shape index (κ1) is 17.9. The molecule has 0 aliphatic rings. The van der Waals surface area contributed by atoms with Crippen molar-refractivity contribution in [3.8, 4) is 0 Å². The molecule has 2 N–H and O–H groups in total. The number of benzene rings is 1. The van der Waals surface area contributed by atoms with E-state index in [1.807, 2.05) is 30.3 Å². The number of alkyl halides is 3. The van der Waals surface area contributed by atoms with Crippen molar-refractivity contribution >= 4 is 5.91 Å². The normalized spacial score (nSPS) is 11.3. The van der Waals surface area contributed by atoms with Crippen LogP contribution in [0.1, 0.15) is 21.6 Å². The number of amides is 1. The van der Waals surface area contributed by atoms with Gasteiger partial charge in [-0.15, -0.1) is 0 Å². The molecule has 0 spiro atoms. The van der Waals surface area contributed by atoms with E-state index in [2.05, 4.69) is 4.98 Å². The van der Waals surface area contributed by atoms with Crippen molar-refractivity contribution in [3.05, 3.63) is 65.5 Å². The van der Waals surface area contributed by atoms with Gasteiger partial charge < -0.3 is 10.6 Å². The molecule has 24 heavy (non-hydrogen) atoms. The van der Waals surface area contributed by atoms with Crippen LogP contribution in [0.15, 0.2) is 48.7 Å². The summed E-state index contributed by atoms with van der Waals surface area (Å²) in [4.78, 5) is 17.3. The zero-order valence-corrected chi connectivity index (χ0v) is 13.0. The highest BCUT2D eigenvalue weighted by atomic mass is 19.4. The number of hydrogen-bond acceptors (Lipinski definition) is 3. The first-order chi connectivity index (χ1) is 11.4. The third-order valence-corrected chi connectivity index (χ3v) is 3.50. The van der Waals surface area contributed by atoms with E-state index in [1.54, 1.807) is 0 Å². The van der Waals surface area contributed by atoms with Gasteiger partial charge >= 0.3 is 6.18 Å². The molecule has 0 aliphatic heterocycles. The molecule has 0 bridgehead atoms. The molecule has 7 heteroatoms. The summed E-state index contributed by atoms with van der Waals surface area (Å²) in [6.07, 6.45) is -2.93. The Labute approximate surface area is 138 Å². The summed E-state index contributed by atoms with van der Waals surface area (Å²) in [7, 11) is 0. The molecule has 128 valence electrons. The van der Waals surface area contributed by atoms with E-state index in [9.17, 15) is 18.0 Å². The third kappa shape index (κ3) is 4.79. The maximum atomic E-state index is 12.5. The standard InChI is InChI=1S/C17H18F3N3O/c18-17(19,20)15-7-6-14(12-22-15)16(24)23(11-9-21)10-8-13-4-2-1-3-5-13/h1-7,12H,8-11,21H2. The smallest absolute Gasteiger partial charge is 0.337 e. The lowest BCUT2D eigenvalue weighted by Crippen LogP contribution is -2.37. The van der Waals surface area contributed by atoms with Gasteiger partial charge in [0.2, 0.25) is 0 Å². The fourth-order valence-electron chi connectivity index (χ4n) is 2.25. The summed E-state index contributed by atoms with van der Waals surface area (Å²) in [6, 6.07) is 11.6. The first-order valence-corrected chi connectivity index (χ1v) is 7.48. The molecule has 0 saturated carbocycles. The maximum absolute atomic E-state index is 12.5. The average molecular weight is 337 g/mol. The van der Waals surface area contributed by atoms with Crippen molar-refractivity contribution in [3.63, 3.8) is 0 Å². The van der Waals surface area contributed by atoms with Gasteiger partial charge in [-0.25, -0.2) is 0 Å². The van der Waals surface area contributed by atoms with E-state index in [0.29, 0.717) is 19.5 Å². The largest absolute Gasteiger partial charge is 0.433 e.